The van der Waals surface area contributed by atoms with Crippen LogP contribution in [0.1, 0.15) is 18.4 Å². The molecule has 2 aromatic carbocycles. The van der Waals surface area contributed by atoms with E-state index >= 15 is 0 Å². The highest BCUT2D eigenvalue weighted by molar-refractivity contribution is 7.92. The van der Waals surface area contributed by atoms with E-state index in [-0.39, 0.29) is 23.5 Å². The van der Waals surface area contributed by atoms with Gasteiger partial charge >= 0.3 is 0 Å². The van der Waals surface area contributed by atoms with Crippen LogP contribution in [0.3, 0.4) is 0 Å². The average Bonchev–Trinajstić information content (AvgIpc) is 3.24. The van der Waals surface area contributed by atoms with Gasteiger partial charge in [0.15, 0.2) is 0 Å². The normalized spacial score (nSPS) is 16.4. The standard InChI is InChI=1S/C21H26N2O5S/c1-16-5-11-20(12-6-16)29(25,26)23(17-7-9-18(27-2)10-8-17)15-21(24)22-14-19-4-3-13-28-19/h5-12,19H,3-4,13-15H2,1-2H3,(H,22,24). The molecule has 2 aromatic rings. The molecular weight excluding hydrogens is 392 g/mol. The highest BCUT2D eigenvalue weighted by Crippen LogP contribution is 2.26. The predicted octanol–water partition coefficient (Wildman–Crippen LogP) is 2.49. The molecule has 0 aromatic heterocycles. The fourth-order valence-electron chi connectivity index (χ4n) is 3.12. The van der Waals surface area contributed by atoms with Crippen LogP contribution in [-0.4, -0.2) is 47.2 Å². The lowest BCUT2D eigenvalue weighted by molar-refractivity contribution is -0.120. The summed E-state index contributed by atoms with van der Waals surface area (Å²) in [4.78, 5) is 12.7. The quantitative estimate of drug-likeness (QED) is 0.712. The molecule has 7 nitrogen and oxygen atoms in total. The van der Waals surface area contributed by atoms with Gasteiger partial charge in [0.2, 0.25) is 5.91 Å². The number of benzene rings is 2. The fourth-order valence-corrected chi connectivity index (χ4v) is 4.54. The first-order valence-electron chi connectivity index (χ1n) is 9.52. The maximum Gasteiger partial charge on any atom is 0.264 e. The zero-order valence-corrected chi connectivity index (χ0v) is 17.4. The summed E-state index contributed by atoms with van der Waals surface area (Å²) in [6.07, 6.45) is 1.85. The lowest BCUT2D eigenvalue weighted by Crippen LogP contribution is -2.42. The van der Waals surface area contributed by atoms with Crippen molar-refractivity contribution in [3.63, 3.8) is 0 Å². The van der Waals surface area contributed by atoms with Gasteiger partial charge in [-0.1, -0.05) is 17.7 Å². The molecule has 29 heavy (non-hydrogen) atoms. The summed E-state index contributed by atoms with van der Waals surface area (Å²) < 4.78 is 38.3. The minimum Gasteiger partial charge on any atom is -0.497 e. The van der Waals surface area contributed by atoms with Gasteiger partial charge in [0.25, 0.3) is 10.0 Å². The van der Waals surface area contributed by atoms with E-state index in [1.165, 1.54) is 7.11 Å². The molecule has 1 heterocycles. The topological polar surface area (TPSA) is 84.9 Å². The van der Waals surface area contributed by atoms with Gasteiger partial charge in [-0.3, -0.25) is 9.10 Å². The number of hydrogen-bond donors (Lipinski definition) is 1. The minimum absolute atomic E-state index is 0.0120. The van der Waals surface area contributed by atoms with Crippen molar-refractivity contribution >= 4 is 21.6 Å². The van der Waals surface area contributed by atoms with E-state index in [9.17, 15) is 13.2 Å². The molecule has 0 radical (unpaired) electrons. The van der Waals surface area contributed by atoms with E-state index < -0.39 is 10.0 Å². The molecule has 0 saturated carbocycles. The molecule has 0 spiro atoms. The van der Waals surface area contributed by atoms with Crippen LogP contribution < -0.4 is 14.4 Å². The van der Waals surface area contributed by atoms with Crippen molar-refractivity contribution < 1.29 is 22.7 Å². The Morgan fingerprint density at radius 3 is 2.45 bits per heavy atom. The predicted molar refractivity (Wildman–Crippen MR) is 111 cm³/mol. The van der Waals surface area contributed by atoms with Gasteiger partial charge in [-0.25, -0.2) is 8.42 Å². The average molecular weight is 419 g/mol. The number of rotatable bonds is 8. The Morgan fingerprint density at radius 2 is 1.86 bits per heavy atom. The lowest BCUT2D eigenvalue weighted by atomic mass is 10.2. The molecule has 1 aliphatic heterocycles. The molecule has 0 bridgehead atoms. The van der Waals surface area contributed by atoms with Crippen LogP contribution in [0, 0.1) is 6.92 Å². The number of hydrogen-bond acceptors (Lipinski definition) is 5. The van der Waals surface area contributed by atoms with Crippen LogP contribution >= 0.6 is 0 Å². The van der Waals surface area contributed by atoms with Crippen molar-refractivity contribution in [1.82, 2.24) is 5.32 Å². The van der Waals surface area contributed by atoms with Crippen LogP contribution in [0.5, 0.6) is 5.75 Å². The smallest absolute Gasteiger partial charge is 0.264 e. The Bertz CT molecular complexity index is 921. The minimum atomic E-state index is -3.92. The number of methoxy groups -OCH3 is 1. The second-order valence-corrected chi connectivity index (χ2v) is 8.82. The summed E-state index contributed by atoms with van der Waals surface area (Å²) >= 11 is 0. The van der Waals surface area contributed by atoms with E-state index in [1.54, 1.807) is 48.5 Å². The summed E-state index contributed by atoms with van der Waals surface area (Å²) in [7, 11) is -2.39. The van der Waals surface area contributed by atoms with E-state index in [0.717, 1.165) is 22.7 Å². The van der Waals surface area contributed by atoms with Crippen molar-refractivity contribution in [3.8, 4) is 5.75 Å². The largest absolute Gasteiger partial charge is 0.497 e. The van der Waals surface area contributed by atoms with Crippen molar-refractivity contribution in [2.75, 3.05) is 31.1 Å². The number of carbonyl (C=O) groups excluding carboxylic acids is 1. The molecule has 1 N–H and O–H groups in total. The third-order valence-corrected chi connectivity index (χ3v) is 6.60. The van der Waals surface area contributed by atoms with Crippen LogP contribution in [0.15, 0.2) is 53.4 Å². The number of ether oxygens (including phenoxy) is 2. The molecule has 8 heteroatoms. The third-order valence-electron chi connectivity index (χ3n) is 4.81. The number of anilines is 1. The summed E-state index contributed by atoms with van der Waals surface area (Å²) in [5, 5.41) is 2.79. The zero-order chi connectivity index (χ0) is 20.9. The van der Waals surface area contributed by atoms with Crippen LogP contribution in [-0.2, 0) is 19.6 Å². The second-order valence-electron chi connectivity index (χ2n) is 6.96. The molecule has 1 unspecified atom stereocenters. The Hall–Kier alpha value is -2.58. The summed E-state index contributed by atoms with van der Waals surface area (Å²) in [5.74, 6) is 0.219. The number of nitrogens with zero attached hydrogens (tertiary/aromatic N) is 1. The lowest BCUT2D eigenvalue weighted by Gasteiger charge is -2.24. The van der Waals surface area contributed by atoms with Gasteiger partial charge in [0, 0.05) is 13.2 Å². The van der Waals surface area contributed by atoms with E-state index in [4.69, 9.17) is 9.47 Å². The molecule has 1 saturated heterocycles. The monoisotopic (exact) mass is 418 g/mol. The number of amides is 1. The number of sulfonamides is 1. The summed E-state index contributed by atoms with van der Waals surface area (Å²) in [5.41, 5.74) is 1.34. The van der Waals surface area contributed by atoms with E-state index in [2.05, 4.69) is 5.32 Å². The van der Waals surface area contributed by atoms with Crippen LogP contribution in [0.2, 0.25) is 0 Å². The maximum absolute atomic E-state index is 13.3. The molecule has 0 aliphatic carbocycles. The van der Waals surface area contributed by atoms with Crippen molar-refractivity contribution in [1.29, 1.82) is 0 Å². The van der Waals surface area contributed by atoms with Gasteiger partial charge < -0.3 is 14.8 Å². The first-order chi connectivity index (χ1) is 13.9. The number of aryl methyl sites for hydroxylation is 1. The maximum atomic E-state index is 13.3. The summed E-state index contributed by atoms with van der Waals surface area (Å²) in [6.45, 7) is 2.63. The SMILES string of the molecule is COc1ccc(N(CC(=O)NCC2CCCO2)S(=O)(=O)c2ccc(C)cc2)cc1. The molecule has 1 aliphatic rings. The molecule has 3 rings (SSSR count). The second kappa shape index (κ2) is 9.28. The van der Waals surface area contributed by atoms with Gasteiger partial charge in [-0.05, 0) is 56.2 Å². The highest BCUT2D eigenvalue weighted by Gasteiger charge is 2.27. The van der Waals surface area contributed by atoms with Crippen molar-refractivity contribution in [2.45, 2.75) is 30.8 Å². The Kier molecular flexibility index (Phi) is 6.76. The summed E-state index contributed by atoms with van der Waals surface area (Å²) in [6, 6.07) is 13.1. The van der Waals surface area contributed by atoms with Gasteiger partial charge in [0.1, 0.15) is 12.3 Å². The first-order valence-corrected chi connectivity index (χ1v) is 11.0. The number of nitrogens with one attached hydrogen (secondary N) is 1. The van der Waals surface area contributed by atoms with Gasteiger partial charge in [0.05, 0.1) is 23.8 Å². The Morgan fingerprint density at radius 1 is 1.17 bits per heavy atom. The van der Waals surface area contributed by atoms with Crippen molar-refractivity contribution in [2.24, 2.45) is 0 Å². The first kappa shape index (κ1) is 21.1. The number of carbonyl (C=O) groups is 1. The van der Waals surface area contributed by atoms with Gasteiger partial charge in [-0.15, -0.1) is 0 Å². The zero-order valence-electron chi connectivity index (χ0n) is 16.6. The van der Waals surface area contributed by atoms with Crippen LogP contribution in [0.4, 0.5) is 5.69 Å². The Balaban J connectivity index is 1.84. The molecule has 1 amide bonds. The fraction of sp³-hybridized carbons (Fsp3) is 0.381. The third kappa shape index (κ3) is 5.27. The van der Waals surface area contributed by atoms with E-state index in [1.807, 2.05) is 6.92 Å². The van der Waals surface area contributed by atoms with Crippen LogP contribution in [0.25, 0.3) is 0 Å². The van der Waals surface area contributed by atoms with Gasteiger partial charge in [-0.2, -0.15) is 0 Å². The van der Waals surface area contributed by atoms with E-state index in [0.29, 0.717) is 24.6 Å². The molecule has 1 atom stereocenters. The molecule has 1 fully saturated rings. The highest BCUT2D eigenvalue weighted by atomic mass is 32.2. The van der Waals surface area contributed by atoms with Crippen molar-refractivity contribution in [3.05, 3.63) is 54.1 Å². The Labute approximate surface area is 171 Å². The molecular formula is C21H26N2O5S. The molecule has 156 valence electrons.